The van der Waals surface area contributed by atoms with E-state index in [2.05, 4.69) is 26.6 Å². The molecule has 1 aromatic carbocycles. The molecule has 7 nitrogen and oxygen atoms in total. The molecule has 0 bridgehead atoms. The van der Waals surface area contributed by atoms with Crippen LogP contribution in [0.2, 0.25) is 0 Å². The fraction of sp³-hybridized carbons (Fsp3) is 0.619. The van der Waals surface area contributed by atoms with Crippen LogP contribution in [0.15, 0.2) is 29.3 Å². The summed E-state index contributed by atoms with van der Waals surface area (Å²) >= 11 is 0. The average Bonchev–Trinajstić information content (AvgIpc) is 2.65. The van der Waals surface area contributed by atoms with Crippen LogP contribution in [0.1, 0.15) is 40.5 Å². The van der Waals surface area contributed by atoms with Crippen LogP contribution in [0.3, 0.4) is 0 Å². The Morgan fingerprint density at radius 2 is 2.07 bits per heavy atom. The van der Waals surface area contributed by atoms with Crippen molar-refractivity contribution in [2.75, 3.05) is 38.2 Å². The minimum absolute atomic E-state index is 0.00442. The van der Waals surface area contributed by atoms with Crippen molar-refractivity contribution in [1.29, 1.82) is 0 Å². The largest absolute Gasteiger partial charge is 0.495 e. The van der Waals surface area contributed by atoms with Crippen LogP contribution in [-0.2, 0) is 9.53 Å². The summed E-state index contributed by atoms with van der Waals surface area (Å²) in [7, 11) is 1.70. The third-order valence-corrected chi connectivity index (χ3v) is 4.32. The van der Waals surface area contributed by atoms with Gasteiger partial charge in [-0.25, -0.2) is 4.99 Å². The Labute approximate surface area is 168 Å². The number of carbonyl (C=O) groups excluding carboxylic acids is 1. The number of benzene rings is 1. The zero-order valence-corrected chi connectivity index (χ0v) is 17.7. The number of hydrogen-bond donors (Lipinski definition) is 2. The summed E-state index contributed by atoms with van der Waals surface area (Å²) < 4.78 is 10.8. The lowest BCUT2D eigenvalue weighted by Crippen LogP contribution is -2.51. The van der Waals surface area contributed by atoms with E-state index in [1.165, 1.54) is 0 Å². The third-order valence-electron chi connectivity index (χ3n) is 4.32. The molecule has 1 heterocycles. The highest BCUT2D eigenvalue weighted by Crippen LogP contribution is 2.29. The molecule has 2 N–H and O–H groups in total. The van der Waals surface area contributed by atoms with Gasteiger partial charge in [-0.1, -0.05) is 12.1 Å². The van der Waals surface area contributed by atoms with Crippen molar-refractivity contribution in [1.82, 2.24) is 10.6 Å². The zero-order chi connectivity index (χ0) is 20.6. The Morgan fingerprint density at radius 3 is 2.75 bits per heavy atom. The van der Waals surface area contributed by atoms with Crippen LogP contribution in [-0.4, -0.2) is 56.9 Å². The van der Waals surface area contributed by atoms with Crippen molar-refractivity contribution in [2.24, 2.45) is 4.99 Å². The lowest BCUT2D eigenvalue weighted by molar-refractivity contribution is -0.152. The molecule has 0 aromatic heterocycles. The second kappa shape index (κ2) is 10.2. The zero-order valence-electron chi connectivity index (χ0n) is 17.7. The number of para-hydroxylation sites is 2. The minimum atomic E-state index is -0.503. The molecule has 1 atom stereocenters. The number of nitrogens with one attached hydrogen (secondary N) is 2. The summed E-state index contributed by atoms with van der Waals surface area (Å²) in [4.78, 5) is 18.7. The lowest BCUT2D eigenvalue weighted by Gasteiger charge is -2.36. The van der Waals surface area contributed by atoms with E-state index in [0.29, 0.717) is 5.96 Å². The Kier molecular flexibility index (Phi) is 7.96. The third kappa shape index (κ3) is 6.94. The molecule has 0 amide bonds. The molecule has 0 saturated carbocycles. The van der Waals surface area contributed by atoms with Crippen molar-refractivity contribution in [3.8, 4) is 5.75 Å². The van der Waals surface area contributed by atoms with Crippen LogP contribution in [0, 0.1) is 0 Å². The molecular weight excluding hydrogens is 356 g/mol. The highest BCUT2D eigenvalue weighted by molar-refractivity contribution is 5.83. The van der Waals surface area contributed by atoms with E-state index in [1.54, 1.807) is 7.11 Å². The number of methoxy groups -OCH3 is 1. The molecule has 0 aliphatic carbocycles. The van der Waals surface area contributed by atoms with Crippen molar-refractivity contribution < 1.29 is 14.3 Å². The van der Waals surface area contributed by atoms with Gasteiger partial charge in [-0.05, 0) is 52.7 Å². The van der Waals surface area contributed by atoms with E-state index >= 15 is 0 Å². The number of piperidine rings is 1. The first kappa shape index (κ1) is 21.9. The topological polar surface area (TPSA) is 75.2 Å². The summed E-state index contributed by atoms with van der Waals surface area (Å²) in [5.41, 5.74) is 0.601. The summed E-state index contributed by atoms with van der Waals surface area (Å²) in [5, 5.41) is 6.67. The van der Waals surface area contributed by atoms with Gasteiger partial charge < -0.3 is 25.0 Å². The van der Waals surface area contributed by atoms with E-state index in [-0.39, 0.29) is 18.6 Å². The van der Waals surface area contributed by atoms with Gasteiger partial charge in [0.25, 0.3) is 0 Å². The first-order valence-corrected chi connectivity index (χ1v) is 9.97. The number of anilines is 1. The molecular formula is C21H34N4O3. The molecule has 28 heavy (non-hydrogen) atoms. The quantitative estimate of drug-likeness (QED) is 0.442. The summed E-state index contributed by atoms with van der Waals surface area (Å²) in [6.45, 7) is 10.1. The Morgan fingerprint density at radius 1 is 1.32 bits per heavy atom. The van der Waals surface area contributed by atoms with Crippen molar-refractivity contribution >= 4 is 17.6 Å². The maximum absolute atomic E-state index is 12.0. The number of hydrogen-bond acceptors (Lipinski definition) is 5. The van der Waals surface area contributed by atoms with Gasteiger partial charge in [-0.3, -0.25) is 4.79 Å². The maximum Gasteiger partial charge on any atom is 0.328 e. The standard InChI is InChI=1S/C21H34N4O3/c1-6-22-20(23-14-19(26)28-21(2,3)4)24-16-10-9-13-25(15-16)17-11-7-8-12-18(17)27-5/h7-8,11-12,16H,6,9-10,13-15H2,1-5H3,(H2,22,23,24). The summed E-state index contributed by atoms with van der Waals surface area (Å²) in [6, 6.07) is 8.31. The van der Waals surface area contributed by atoms with Crippen LogP contribution in [0.5, 0.6) is 5.75 Å². The summed E-state index contributed by atoms with van der Waals surface area (Å²) in [5.74, 6) is 1.19. The van der Waals surface area contributed by atoms with Gasteiger partial charge in [0.15, 0.2) is 5.96 Å². The highest BCUT2D eigenvalue weighted by atomic mass is 16.6. The molecule has 1 aromatic rings. The Hall–Kier alpha value is -2.44. The van der Waals surface area contributed by atoms with Gasteiger partial charge >= 0.3 is 5.97 Å². The number of guanidine groups is 1. The van der Waals surface area contributed by atoms with E-state index in [4.69, 9.17) is 9.47 Å². The van der Waals surface area contributed by atoms with Crippen molar-refractivity contribution in [3.63, 3.8) is 0 Å². The lowest BCUT2D eigenvalue weighted by atomic mass is 10.0. The second-order valence-electron chi connectivity index (χ2n) is 7.88. The van der Waals surface area contributed by atoms with E-state index in [0.717, 1.165) is 43.9 Å². The van der Waals surface area contributed by atoms with Crippen LogP contribution in [0.4, 0.5) is 5.69 Å². The van der Waals surface area contributed by atoms with Crippen LogP contribution >= 0.6 is 0 Å². The van der Waals surface area contributed by atoms with E-state index in [9.17, 15) is 4.79 Å². The SMILES string of the molecule is CCNC(=NCC(=O)OC(C)(C)C)NC1CCCN(c2ccccc2OC)C1. The maximum atomic E-state index is 12.0. The molecule has 0 spiro atoms. The minimum Gasteiger partial charge on any atom is -0.495 e. The molecule has 1 aliphatic heterocycles. The van der Waals surface area contributed by atoms with Gasteiger partial charge in [0.05, 0.1) is 12.8 Å². The molecule has 0 radical (unpaired) electrons. The average molecular weight is 391 g/mol. The Balaban J connectivity index is 2.00. The van der Waals surface area contributed by atoms with Gasteiger partial charge in [-0.2, -0.15) is 0 Å². The normalized spacial score (nSPS) is 17.8. The predicted molar refractivity (Wildman–Crippen MR) is 113 cm³/mol. The van der Waals surface area contributed by atoms with Crippen molar-refractivity contribution in [3.05, 3.63) is 24.3 Å². The van der Waals surface area contributed by atoms with Crippen molar-refractivity contribution in [2.45, 2.75) is 52.2 Å². The van der Waals surface area contributed by atoms with E-state index in [1.807, 2.05) is 45.9 Å². The number of esters is 1. The van der Waals surface area contributed by atoms with Crippen LogP contribution < -0.4 is 20.3 Å². The highest BCUT2D eigenvalue weighted by Gasteiger charge is 2.23. The molecule has 1 unspecified atom stereocenters. The smallest absolute Gasteiger partial charge is 0.328 e. The van der Waals surface area contributed by atoms with Gasteiger partial charge in [0.1, 0.15) is 17.9 Å². The first-order chi connectivity index (χ1) is 13.3. The van der Waals surface area contributed by atoms with E-state index < -0.39 is 5.60 Å². The fourth-order valence-corrected chi connectivity index (χ4v) is 3.24. The predicted octanol–water partition coefficient (Wildman–Crippen LogP) is 2.56. The number of carbonyl (C=O) groups is 1. The second-order valence-corrected chi connectivity index (χ2v) is 7.88. The number of aliphatic imine (C=N–C) groups is 1. The molecule has 1 saturated heterocycles. The molecule has 1 fully saturated rings. The van der Waals surface area contributed by atoms with Gasteiger partial charge in [-0.15, -0.1) is 0 Å². The van der Waals surface area contributed by atoms with Gasteiger partial charge in [0.2, 0.25) is 0 Å². The fourth-order valence-electron chi connectivity index (χ4n) is 3.24. The monoisotopic (exact) mass is 390 g/mol. The number of ether oxygens (including phenoxy) is 2. The summed E-state index contributed by atoms with van der Waals surface area (Å²) in [6.07, 6.45) is 2.11. The molecule has 2 rings (SSSR count). The van der Waals surface area contributed by atoms with Crippen LogP contribution in [0.25, 0.3) is 0 Å². The number of nitrogens with zero attached hydrogens (tertiary/aromatic N) is 2. The molecule has 7 heteroatoms. The number of rotatable bonds is 6. The Bertz CT molecular complexity index is 670. The molecule has 156 valence electrons. The first-order valence-electron chi connectivity index (χ1n) is 9.97. The molecule has 1 aliphatic rings. The van der Waals surface area contributed by atoms with Gasteiger partial charge in [0, 0.05) is 25.7 Å².